The smallest absolute Gasteiger partial charge is 0.426 e. The van der Waals surface area contributed by atoms with E-state index < -0.39 is 33.0 Å². The molecule has 0 aromatic carbocycles. The van der Waals surface area contributed by atoms with Crippen LogP contribution in [-0.2, 0) is 24.1 Å². The van der Waals surface area contributed by atoms with Crippen LogP contribution in [0.3, 0.4) is 0 Å². The molecule has 1 heterocycles. The third kappa shape index (κ3) is 4.77. The van der Waals surface area contributed by atoms with Crippen molar-refractivity contribution in [1.82, 2.24) is 4.72 Å². The fourth-order valence-electron chi connectivity index (χ4n) is 1.34. The molecule has 0 aliphatic heterocycles. The molecule has 0 bridgehead atoms. The van der Waals surface area contributed by atoms with E-state index in [-0.39, 0.29) is 12.1 Å². The number of rotatable bonds is 4. The lowest BCUT2D eigenvalue weighted by Gasteiger charge is -2.23. The van der Waals surface area contributed by atoms with Crippen LogP contribution in [0, 0.1) is 0 Å². The van der Waals surface area contributed by atoms with Gasteiger partial charge in [0.25, 0.3) is 0 Å². The number of halogens is 3. The lowest BCUT2D eigenvalue weighted by atomic mass is 10.2. The average molecular weight is 343 g/mol. The fraction of sp³-hybridized carbons (Fsp3) is 0.545. The zero-order valence-corrected chi connectivity index (χ0v) is 13.2. The number of oxime groups is 1. The second kappa shape index (κ2) is 6.42. The standard InChI is InChI=1S/C11H16F3N3O2S2/c1-10(2,3)21(19)16-5-6-4-7(9(15)17-18)8(20-6)11(12,13)14/h4,16,18H,5H2,1-3H3,(H2,15,17)/t21-/m0/s1. The Balaban J connectivity index is 2.99. The van der Waals surface area contributed by atoms with E-state index in [4.69, 9.17) is 10.9 Å². The van der Waals surface area contributed by atoms with Gasteiger partial charge < -0.3 is 15.5 Å². The molecule has 0 saturated carbocycles. The molecule has 5 nitrogen and oxygen atoms in total. The second-order valence-electron chi connectivity index (χ2n) is 5.14. The van der Waals surface area contributed by atoms with Gasteiger partial charge in [-0.2, -0.15) is 13.2 Å². The summed E-state index contributed by atoms with van der Waals surface area (Å²) in [4.78, 5) is -0.655. The number of thiophene rings is 1. The van der Waals surface area contributed by atoms with E-state index in [1.807, 2.05) is 0 Å². The van der Waals surface area contributed by atoms with Gasteiger partial charge in [-0.15, -0.1) is 16.1 Å². The van der Waals surface area contributed by atoms with Gasteiger partial charge in [0, 0.05) is 21.8 Å². The Bertz CT molecular complexity index is 524. The highest BCUT2D eigenvalue weighted by molar-refractivity contribution is 7.90. The van der Waals surface area contributed by atoms with Gasteiger partial charge in [-0.1, -0.05) is 5.16 Å². The lowest BCUT2D eigenvalue weighted by Crippen LogP contribution is -2.38. The van der Waals surface area contributed by atoms with Gasteiger partial charge in [-0.3, -0.25) is 0 Å². The molecule has 1 aromatic rings. The van der Waals surface area contributed by atoms with Crippen LogP contribution in [0.5, 0.6) is 0 Å². The molecule has 0 radical (unpaired) electrons. The van der Waals surface area contributed by atoms with Crippen molar-refractivity contribution >= 4 is 28.5 Å². The number of hydrogen-bond donors (Lipinski definition) is 3. The molecular weight excluding hydrogens is 327 g/mol. The van der Waals surface area contributed by atoms with Crippen molar-refractivity contribution < 1.29 is 22.9 Å². The van der Waals surface area contributed by atoms with Crippen LogP contribution in [0.15, 0.2) is 11.2 Å². The molecule has 4 N–H and O–H groups in total. The Morgan fingerprint density at radius 1 is 1.48 bits per heavy atom. The summed E-state index contributed by atoms with van der Waals surface area (Å²) < 4.78 is 52.6. The minimum absolute atomic E-state index is 0.00363. The van der Waals surface area contributed by atoms with Crippen molar-refractivity contribution in [2.75, 3.05) is 0 Å². The van der Waals surface area contributed by atoms with Gasteiger partial charge in [-0.05, 0) is 26.8 Å². The van der Waals surface area contributed by atoms with E-state index in [0.29, 0.717) is 16.2 Å². The summed E-state index contributed by atoms with van der Waals surface area (Å²) in [6.07, 6.45) is -4.60. The number of alkyl halides is 3. The molecule has 0 unspecified atom stereocenters. The van der Waals surface area contributed by atoms with Crippen molar-refractivity contribution in [2.45, 2.75) is 38.2 Å². The van der Waals surface area contributed by atoms with Crippen molar-refractivity contribution in [3.63, 3.8) is 0 Å². The number of nitrogens with two attached hydrogens (primary N) is 1. The van der Waals surface area contributed by atoms with Crippen molar-refractivity contribution in [1.29, 1.82) is 0 Å². The highest BCUT2D eigenvalue weighted by Crippen LogP contribution is 2.38. The highest BCUT2D eigenvalue weighted by Gasteiger charge is 2.37. The lowest BCUT2D eigenvalue weighted by molar-refractivity contribution is -0.134. The van der Waals surface area contributed by atoms with Gasteiger partial charge in [0.1, 0.15) is 9.62 Å². The summed E-state index contributed by atoms with van der Waals surface area (Å²) >= 11 is -0.935. The van der Waals surface area contributed by atoms with Gasteiger partial charge in [0.05, 0.1) is 6.54 Å². The zero-order valence-electron chi connectivity index (χ0n) is 11.6. The predicted molar refractivity (Wildman–Crippen MR) is 76.6 cm³/mol. The molecule has 0 spiro atoms. The Morgan fingerprint density at radius 2 is 2.05 bits per heavy atom. The molecule has 0 aliphatic carbocycles. The summed E-state index contributed by atoms with van der Waals surface area (Å²) in [6.45, 7) is 5.23. The Kier molecular flexibility index (Phi) is 5.53. The fourth-order valence-corrected chi connectivity index (χ4v) is 3.12. The second-order valence-corrected chi connectivity index (χ2v) is 8.33. The monoisotopic (exact) mass is 343 g/mol. The largest absolute Gasteiger partial charge is 0.598 e. The maximum atomic E-state index is 12.9. The van der Waals surface area contributed by atoms with Crippen LogP contribution in [0.4, 0.5) is 13.2 Å². The first-order valence-electron chi connectivity index (χ1n) is 5.80. The van der Waals surface area contributed by atoms with Crippen molar-refractivity contribution in [3.8, 4) is 0 Å². The molecule has 1 atom stereocenters. The molecule has 0 aliphatic rings. The molecule has 1 rings (SSSR count). The van der Waals surface area contributed by atoms with Gasteiger partial charge in [-0.25, -0.2) is 0 Å². The van der Waals surface area contributed by atoms with Crippen LogP contribution in [0.25, 0.3) is 0 Å². The summed E-state index contributed by atoms with van der Waals surface area (Å²) in [5.41, 5.74) is 4.88. The van der Waals surface area contributed by atoms with E-state index in [1.165, 1.54) is 6.07 Å². The van der Waals surface area contributed by atoms with E-state index in [2.05, 4.69) is 9.88 Å². The molecule has 120 valence electrons. The Hall–Kier alpha value is -0.970. The Labute approximate surface area is 127 Å². The molecule has 10 heteroatoms. The first-order chi connectivity index (χ1) is 9.46. The molecule has 1 aromatic heterocycles. The summed E-state index contributed by atoms with van der Waals surface area (Å²) in [6, 6.07) is 1.18. The number of nitrogens with zero attached hydrogens (tertiary/aromatic N) is 1. The van der Waals surface area contributed by atoms with Crippen molar-refractivity contribution in [2.24, 2.45) is 10.9 Å². The molecule has 0 fully saturated rings. The van der Waals surface area contributed by atoms with E-state index in [1.54, 1.807) is 20.8 Å². The first kappa shape index (κ1) is 18.1. The summed E-state index contributed by atoms with van der Waals surface area (Å²) in [5, 5.41) is 11.1. The van der Waals surface area contributed by atoms with Crippen LogP contribution < -0.4 is 10.5 Å². The van der Waals surface area contributed by atoms with E-state index in [0.717, 1.165) is 0 Å². The molecular formula is C11H16F3N3O2S2. The third-order valence-electron chi connectivity index (χ3n) is 2.36. The normalized spacial score (nSPS) is 15.3. The molecule has 21 heavy (non-hydrogen) atoms. The number of nitrogens with one attached hydrogen (secondary N) is 1. The zero-order chi connectivity index (χ0) is 16.4. The van der Waals surface area contributed by atoms with Crippen LogP contribution >= 0.6 is 11.3 Å². The van der Waals surface area contributed by atoms with Crippen LogP contribution in [0.2, 0.25) is 0 Å². The topological polar surface area (TPSA) is 93.7 Å². The SMILES string of the molecule is CC(C)(C)[S@+]([O-])NCc1cc(C(N)=NO)c(C(F)(F)F)s1. The van der Waals surface area contributed by atoms with Gasteiger partial charge >= 0.3 is 6.18 Å². The minimum atomic E-state index is -4.60. The highest BCUT2D eigenvalue weighted by atomic mass is 32.2. The number of hydrogen-bond acceptors (Lipinski definition) is 5. The third-order valence-corrected chi connectivity index (χ3v) is 5.06. The first-order valence-corrected chi connectivity index (χ1v) is 7.76. The summed E-state index contributed by atoms with van der Waals surface area (Å²) in [7, 11) is 0. The number of amidine groups is 1. The van der Waals surface area contributed by atoms with Gasteiger partial charge in [0.15, 0.2) is 5.84 Å². The minimum Gasteiger partial charge on any atom is -0.598 e. The van der Waals surface area contributed by atoms with Crippen LogP contribution in [-0.4, -0.2) is 20.3 Å². The predicted octanol–water partition coefficient (Wildman–Crippen LogP) is 2.41. The molecule has 0 amide bonds. The van der Waals surface area contributed by atoms with Crippen LogP contribution in [0.1, 0.15) is 36.1 Å². The Morgan fingerprint density at radius 3 is 2.48 bits per heavy atom. The maximum Gasteiger partial charge on any atom is 0.426 e. The maximum absolute atomic E-state index is 12.9. The quantitative estimate of drug-likeness (QED) is 0.257. The van der Waals surface area contributed by atoms with E-state index >= 15 is 0 Å². The average Bonchev–Trinajstić information content (AvgIpc) is 2.77. The van der Waals surface area contributed by atoms with Gasteiger partial charge in [0.2, 0.25) is 0 Å². The van der Waals surface area contributed by atoms with E-state index in [9.17, 15) is 17.7 Å². The molecule has 0 saturated heterocycles. The summed E-state index contributed by atoms with van der Waals surface area (Å²) in [5.74, 6) is -0.609. The van der Waals surface area contributed by atoms with Crippen molar-refractivity contribution in [3.05, 3.63) is 21.4 Å².